The second kappa shape index (κ2) is 63.3. The molecule has 0 radical (unpaired) electrons. The minimum Gasteiger partial charge on any atom is -0.462 e. The van der Waals surface area contributed by atoms with Crippen LogP contribution in [0.5, 0.6) is 0 Å². The predicted octanol–water partition coefficient (Wildman–Crippen LogP) is 21.1. The number of hydrogen-bond donors (Lipinski definition) is 0. The smallest absolute Gasteiger partial charge is 0.306 e. The van der Waals surface area contributed by atoms with Gasteiger partial charge in [-0.1, -0.05) is 242 Å². The van der Waals surface area contributed by atoms with Crippen molar-refractivity contribution < 1.29 is 28.6 Å². The number of ether oxygens (including phenoxy) is 3. The summed E-state index contributed by atoms with van der Waals surface area (Å²) in [6, 6.07) is 0. The molecule has 0 N–H and O–H groups in total. The Morgan fingerprint density at radius 3 is 0.753 bits per heavy atom. The molecule has 1 atom stereocenters. The van der Waals surface area contributed by atoms with Crippen LogP contribution in [0.25, 0.3) is 0 Å². The molecule has 0 amide bonds. The lowest BCUT2D eigenvalue weighted by Crippen LogP contribution is -2.30. The molecule has 1 unspecified atom stereocenters. The summed E-state index contributed by atoms with van der Waals surface area (Å²) < 4.78 is 16.9. The zero-order valence-corrected chi connectivity index (χ0v) is 49.1. The van der Waals surface area contributed by atoms with Crippen molar-refractivity contribution in [3.63, 3.8) is 0 Å². The summed E-state index contributed by atoms with van der Waals surface area (Å²) in [5.41, 5.74) is 0. The number of carbonyl (C=O) groups excluding carboxylic acids is 3. The van der Waals surface area contributed by atoms with Crippen molar-refractivity contribution in [1.82, 2.24) is 0 Å². The standard InChI is InChI=1S/C71H110O6/c1-4-7-10-13-16-19-22-25-28-31-33-35-37-40-43-46-49-52-55-58-61-64-70(73)76-67-68(66-75-69(72)63-60-57-54-51-48-45-42-39-30-27-24-21-18-15-12-9-6-3)77-71(74)65-62-59-56-53-50-47-44-41-38-36-34-32-29-26-23-20-17-14-11-8-5-2/h7-12,16-21,25-30,33-36,40-41,43-44,49,52,68H,4-6,13-15,22-24,31-32,37-39,42,45-48,50-51,53-67H2,1-3H3/b10-7-,11-8-,12-9-,19-16-,20-17-,21-18-,28-25-,29-26-,30-27-,35-33-,36-34-,43-40-,44-41-,52-49-. The van der Waals surface area contributed by atoms with Crippen molar-refractivity contribution in [3.05, 3.63) is 170 Å². The van der Waals surface area contributed by atoms with Crippen LogP contribution in [0.3, 0.4) is 0 Å². The van der Waals surface area contributed by atoms with Crippen LogP contribution in [0.1, 0.15) is 239 Å². The fraction of sp³-hybridized carbons (Fsp3) is 0.563. The number of hydrogen-bond acceptors (Lipinski definition) is 6. The highest BCUT2D eigenvalue weighted by Gasteiger charge is 2.19. The van der Waals surface area contributed by atoms with E-state index in [-0.39, 0.29) is 44.0 Å². The number of carbonyl (C=O) groups is 3. The third-order valence-corrected chi connectivity index (χ3v) is 12.2. The van der Waals surface area contributed by atoms with Gasteiger partial charge >= 0.3 is 17.9 Å². The van der Waals surface area contributed by atoms with E-state index in [2.05, 4.69) is 191 Å². The minimum absolute atomic E-state index is 0.114. The Hall–Kier alpha value is -5.23. The number of unbranched alkanes of at least 4 members (excludes halogenated alkanes) is 14. The third kappa shape index (κ3) is 61.5. The van der Waals surface area contributed by atoms with Gasteiger partial charge in [-0.15, -0.1) is 0 Å². The molecular formula is C71H110O6. The highest BCUT2D eigenvalue weighted by Crippen LogP contribution is 2.13. The van der Waals surface area contributed by atoms with Crippen molar-refractivity contribution in [3.8, 4) is 0 Å². The van der Waals surface area contributed by atoms with Gasteiger partial charge in [-0.3, -0.25) is 14.4 Å². The second-order valence-electron chi connectivity index (χ2n) is 19.5. The Morgan fingerprint density at radius 1 is 0.260 bits per heavy atom. The van der Waals surface area contributed by atoms with E-state index in [0.29, 0.717) is 12.8 Å². The SMILES string of the molecule is CC/C=C\C/C=C\C/C=C\C/C=C\C/C=C\C/C=C\CCCCC(=O)OCC(COC(=O)CCCCCCCCC/C=C\C/C=C\C/C=C\CC)OC(=O)CCCCCCC/C=C\C/C=C\C/C=C\C/C=C\C/C=C\CC. The Bertz CT molecular complexity index is 1790. The zero-order valence-electron chi connectivity index (χ0n) is 49.1. The molecule has 0 aromatic carbocycles. The van der Waals surface area contributed by atoms with Gasteiger partial charge in [-0.25, -0.2) is 0 Å². The molecule has 0 heterocycles. The zero-order chi connectivity index (χ0) is 55.7. The van der Waals surface area contributed by atoms with Crippen LogP contribution >= 0.6 is 0 Å². The van der Waals surface area contributed by atoms with Crippen molar-refractivity contribution in [1.29, 1.82) is 0 Å². The molecule has 0 aromatic rings. The number of rotatable bonds is 53. The Morgan fingerprint density at radius 2 is 0.468 bits per heavy atom. The lowest BCUT2D eigenvalue weighted by molar-refractivity contribution is -0.167. The quantitative estimate of drug-likeness (QED) is 0.0261. The Labute approximate surface area is 472 Å². The molecule has 6 nitrogen and oxygen atoms in total. The topological polar surface area (TPSA) is 78.9 Å². The highest BCUT2D eigenvalue weighted by atomic mass is 16.6. The molecule has 0 saturated carbocycles. The van der Waals surface area contributed by atoms with Crippen molar-refractivity contribution >= 4 is 17.9 Å². The maximum Gasteiger partial charge on any atom is 0.306 e. The fourth-order valence-corrected chi connectivity index (χ4v) is 7.72. The van der Waals surface area contributed by atoms with E-state index >= 15 is 0 Å². The highest BCUT2D eigenvalue weighted by molar-refractivity contribution is 5.71. The minimum atomic E-state index is -0.822. The second-order valence-corrected chi connectivity index (χ2v) is 19.5. The molecule has 77 heavy (non-hydrogen) atoms. The average Bonchev–Trinajstić information content (AvgIpc) is 3.43. The Kier molecular flexibility index (Phi) is 59.0. The van der Waals surface area contributed by atoms with Crippen LogP contribution in [-0.4, -0.2) is 37.2 Å². The molecule has 0 aliphatic rings. The summed E-state index contributed by atoms with van der Waals surface area (Å²) in [5.74, 6) is -0.994. The van der Waals surface area contributed by atoms with E-state index in [4.69, 9.17) is 14.2 Å². The predicted molar refractivity (Wildman–Crippen MR) is 334 cm³/mol. The first kappa shape index (κ1) is 71.8. The molecule has 0 rings (SSSR count). The molecule has 0 aromatic heterocycles. The van der Waals surface area contributed by atoms with Gasteiger partial charge in [0.25, 0.3) is 0 Å². The van der Waals surface area contributed by atoms with Gasteiger partial charge in [0, 0.05) is 19.3 Å². The third-order valence-electron chi connectivity index (χ3n) is 12.2. The van der Waals surface area contributed by atoms with Crippen LogP contribution in [0.15, 0.2) is 170 Å². The molecule has 0 bridgehead atoms. The summed E-state index contributed by atoms with van der Waals surface area (Å²) in [5, 5.41) is 0. The first-order valence-electron chi connectivity index (χ1n) is 30.6. The first-order valence-corrected chi connectivity index (χ1v) is 30.6. The van der Waals surface area contributed by atoms with Crippen molar-refractivity contribution in [2.24, 2.45) is 0 Å². The number of allylic oxidation sites excluding steroid dienone is 28. The lowest BCUT2D eigenvalue weighted by atomic mass is 10.1. The number of esters is 3. The maximum atomic E-state index is 12.9. The lowest BCUT2D eigenvalue weighted by Gasteiger charge is -2.18. The van der Waals surface area contributed by atoms with Gasteiger partial charge < -0.3 is 14.2 Å². The monoisotopic (exact) mass is 1060 g/mol. The van der Waals surface area contributed by atoms with E-state index in [1.54, 1.807) is 0 Å². The molecule has 0 saturated heterocycles. The molecule has 6 heteroatoms. The molecule has 0 spiro atoms. The van der Waals surface area contributed by atoms with Crippen LogP contribution in [0.2, 0.25) is 0 Å². The normalized spacial score (nSPS) is 13.3. The summed E-state index contributed by atoms with van der Waals surface area (Å²) in [6.45, 7) is 6.23. The summed E-state index contributed by atoms with van der Waals surface area (Å²) in [7, 11) is 0. The molecule has 430 valence electrons. The van der Waals surface area contributed by atoms with E-state index in [1.165, 1.54) is 25.7 Å². The largest absolute Gasteiger partial charge is 0.462 e. The summed E-state index contributed by atoms with van der Waals surface area (Å²) in [4.78, 5) is 38.3. The van der Waals surface area contributed by atoms with E-state index in [1.807, 2.05) is 0 Å². The first-order chi connectivity index (χ1) is 38.0. The van der Waals surface area contributed by atoms with Gasteiger partial charge in [-0.2, -0.15) is 0 Å². The molecule has 0 aliphatic heterocycles. The van der Waals surface area contributed by atoms with E-state index in [9.17, 15) is 14.4 Å². The fourth-order valence-electron chi connectivity index (χ4n) is 7.72. The van der Waals surface area contributed by atoms with Crippen LogP contribution < -0.4 is 0 Å². The van der Waals surface area contributed by atoms with Gasteiger partial charge in [0.2, 0.25) is 0 Å². The molecule has 0 aliphatic carbocycles. The average molecular weight is 1060 g/mol. The van der Waals surface area contributed by atoms with Gasteiger partial charge in [-0.05, 0) is 148 Å². The van der Waals surface area contributed by atoms with Crippen molar-refractivity contribution in [2.45, 2.75) is 245 Å². The van der Waals surface area contributed by atoms with Crippen LogP contribution in [0.4, 0.5) is 0 Å². The summed E-state index contributed by atoms with van der Waals surface area (Å²) in [6.07, 6.45) is 93.4. The van der Waals surface area contributed by atoms with Crippen LogP contribution in [0, 0.1) is 0 Å². The van der Waals surface area contributed by atoms with Gasteiger partial charge in [0.1, 0.15) is 13.2 Å². The van der Waals surface area contributed by atoms with E-state index in [0.717, 1.165) is 167 Å². The van der Waals surface area contributed by atoms with Gasteiger partial charge in [0.05, 0.1) is 0 Å². The van der Waals surface area contributed by atoms with Crippen LogP contribution in [-0.2, 0) is 28.6 Å². The molecule has 0 fully saturated rings. The Balaban J connectivity index is 4.57. The van der Waals surface area contributed by atoms with Crippen molar-refractivity contribution in [2.75, 3.05) is 13.2 Å². The van der Waals surface area contributed by atoms with E-state index < -0.39 is 6.10 Å². The maximum absolute atomic E-state index is 12.9. The van der Waals surface area contributed by atoms with Gasteiger partial charge in [0.15, 0.2) is 6.10 Å². The summed E-state index contributed by atoms with van der Waals surface area (Å²) >= 11 is 0. The molecular weight excluding hydrogens is 949 g/mol.